The fourth-order valence-corrected chi connectivity index (χ4v) is 2.80. The van der Waals surface area contributed by atoms with E-state index in [1.165, 1.54) is 11.1 Å². The fourth-order valence-electron chi connectivity index (χ4n) is 2.80. The van der Waals surface area contributed by atoms with Crippen LogP contribution in [0.4, 0.5) is 0 Å². The minimum absolute atomic E-state index is 0.168. The number of ether oxygens (including phenoxy) is 1. The second-order valence-electron chi connectivity index (χ2n) is 6.42. The molecule has 0 aromatic heterocycles. The molecule has 0 spiro atoms. The number of likely N-dealkylation sites (N-methyl/N-ethyl adjacent to an activating group) is 1. The fraction of sp³-hybridized carbons (Fsp3) is 0.625. The molecule has 2 rings (SSSR count). The van der Waals surface area contributed by atoms with Gasteiger partial charge < -0.3 is 20.1 Å². The number of aliphatic hydroxyl groups is 1. The topological polar surface area (TPSA) is 44.7 Å². The van der Waals surface area contributed by atoms with Crippen molar-refractivity contribution in [2.75, 3.05) is 33.7 Å². The van der Waals surface area contributed by atoms with Crippen LogP contribution in [0.5, 0.6) is 5.75 Å². The molecule has 0 saturated heterocycles. The minimum atomic E-state index is -0.717. The van der Waals surface area contributed by atoms with Crippen LogP contribution in [0.3, 0.4) is 0 Å². The summed E-state index contributed by atoms with van der Waals surface area (Å²) in [7, 11) is 3.93. The van der Waals surface area contributed by atoms with Crippen molar-refractivity contribution in [1.29, 1.82) is 0 Å². The molecule has 0 amide bonds. The van der Waals surface area contributed by atoms with Crippen LogP contribution in [0.25, 0.3) is 0 Å². The third-order valence-corrected chi connectivity index (χ3v) is 3.49. The number of benzene rings is 1. The van der Waals surface area contributed by atoms with Crippen molar-refractivity contribution >= 4 is 0 Å². The number of aryl methyl sites for hydroxylation is 1. The van der Waals surface area contributed by atoms with Crippen LogP contribution in [-0.4, -0.2) is 55.4 Å². The molecule has 1 aromatic rings. The largest absolute Gasteiger partial charge is 0.488 e. The van der Waals surface area contributed by atoms with E-state index in [-0.39, 0.29) is 6.10 Å². The molecule has 1 aliphatic rings. The van der Waals surface area contributed by atoms with Crippen molar-refractivity contribution < 1.29 is 9.84 Å². The third-order valence-electron chi connectivity index (χ3n) is 3.49. The van der Waals surface area contributed by atoms with Crippen molar-refractivity contribution in [3.05, 3.63) is 29.3 Å². The molecule has 1 aromatic carbocycles. The molecule has 0 saturated carbocycles. The number of hydrogen-bond acceptors (Lipinski definition) is 4. The molecule has 1 heterocycles. The van der Waals surface area contributed by atoms with E-state index in [0.29, 0.717) is 13.1 Å². The van der Waals surface area contributed by atoms with E-state index in [1.54, 1.807) is 0 Å². The Morgan fingerprint density at radius 2 is 2.20 bits per heavy atom. The molecule has 2 atom stereocenters. The summed E-state index contributed by atoms with van der Waals surface area (Å²) in [5, 5.41) is 13.5. The van der Waals surface area contributed by atoms with E-state index < -0.39 is 5.60 Å². The average molecular weight is 278 g/mol. The first kappa shape index (κ1) is 15.3. The Balaban J connectivity index is 1.77. The summed E-state index contributed by atoms with van der Waals surface area (Å²) in [6, 6.07) is 6.32. The molecule has 112 valence electrons. The third kappa shape index (κ3) is 4.20. The van der Waals surface area contributed by atoms with Crippen LogP contribution in [0, 0.1) is 6.92 Å². The summed E-state index contributed by atoms with van der Waals surface area (Å²) in [4.78, 5) is 1.99. The van der Waals surface area contributed by atoms with Crippen molar-refractivity contribution in [2.24, 2.45) is 0 Å². The highest BCUT2D eigenvalue weighted by Gasteiger charge is 2.25. The van der Waals surface area contributed by atoms with E-state index in [2.05, 4.69) is 24.4 Å². The lowest BCUT2D eigenvalue weighted by Crippen LogP contribution is -2.47. The molecular formula is C16H26N2O2. The summed E-state index contributed by atoms with van der Waals surface area (Å²) < 4.78 is 5.90. The van der Waals surface area contributed by atoms with E-state index in [9.17, 15) is 5.11 Å². The zero-order valence-corrected chi connectivity index (χ0v) is 12.9. The Kier molecular flexibility index (Phi) is 4.68. The molecule has 4 heteroatoms. The highest BCUT2D eigenvalue weighted by Crippen LogP contribution is 2.29. The lowest BCUT2D eigenvalue weighted by molar-refractivity contribution is 0.0320. The number of fused-ring (bicyclic) bond motifs is 1. The van der Waals surface area contributed by atoms with Gasteiger partial charge in [-0.1, -0.05) is 17.7 Å². The smallest absolute Gasteiger partial charge is 0.123 e. The van der Waals surface area contributed by atoms with Gasteiger partial charge in [-0.05, 0) is 39.6 Å². The molecule has 0 aliphatic carbocycles. The van der Waals surface area contributed by atoms with Gasteiger partial charge in [-0.3, -0.25) is 0 Å². The normalized spacial score (nSPS) is 20.6. The number of nitrogens with one attached hydrogen (secondary N) is 1. The number of nitrogens with zero attached hydrogens (tertiary/aromatic N) is 1. The predicted octanol–water partition coefficient (Wildman–Crippen LogP) is 1.20. The van der Waals surface area contributed by atoms with Gasteiger partial charge >= 0.3 is 0 Å². The van der Waals surface area contributed by atoms with Gasteiger partial charge in [-0.25, -0.2) is 0 Å². The lowest BCUT2D eigenvalue weighted by atomic mass is 10.1. The van der Waals surface area contributed by atoms with Crippen molar-refractivity contribution in [1.82, 2.24) is 10.2 Å². The molecule has 0 fully saturated rings. The Morgan fingerprint density at radius 1 is 1.45 bits per heavy atom. The summed E-state index contributed by atoms with van der Waals surface area (Å²) in [5.41, 5.74) is 1.85. The SMILES string of the molecule is Cc1ccc2c(c1)CC(CNCC(C)(O)CN(C)C)O2. The second kappa shape index (κ2) is 6.12. The van der Waals surface area contributed by atoms with Gasteiger partial charge in [-0.2, -0.15) is 0 Å². The van der Waals surface area contributed by atoms with Gasteiger partial charge in [0.05, 0.1) is 5.60 Å². The Labute approximate surface area is 121 Å². The second-order valence-corrected chi connectivity index (χ2v) is 6.42. The van der Waals surface area contributed by atoms with Crippen molar-refractivity contribution in [3.63, 3.8) is 0 Å². The summed E-state index contributed by atoms with van der Waals surface area (Å²) in [5.74, 6) is 1.00. The quantitative estimate of drug-likeness (QED) is 0.821. The minimum Gasteiger partial charge on any atom is -0.488 e. The van der Waals surface area contributed by atoms with Crippen LogP contribution in [0.1, 0.15) is 18.1 Å². The number of rotatable bonds is 6. The van der Waals surface area contributed by atoms with Gasteiger partial charge in [0.25, 0.3) is 0 Å². The predicted molar refractivity (Wildman–Crippen MR) is 81.3 cm³/mol. The molecular weight excluding hydrogens is 252 g/mol. The van der Waals surface area contributed by atoms with Crippen LogP contribution < -0.4 is 10.1 Å². The standard InChI is InChI=1S/C16H26N2O2/c1-12-5-6-15-13(7-12)8-14(20-15)9-17-10-16(2,19)11-18(3)4/h5-7,14,17,19H,8-11H2,1-4H3. The van der Waals surface area contributed by atoms with Gasteiger partial charge in [-0.15, -0.1) is 0 Å². The van der Waals surface area contributed by atoms with Gasteiger partial charge in [0.2, 0.25) is 0 Å². The first-order valence-electron chi connectivity index (χ1n) is 7.20. The maximum atomic E-state index is 10.2. The first-order valence-corrected chi connectivity index (χ1v) is 7.20. The van der Waals surface area contributed by atoms with E-state index >= 15 is 0 Å². The van der Waals surface area contributed by atoms with Gasteiger partial charge in [0.1, 0.15) is 11.9 Å². The highest BCUT2D eigenvalue weighted by molar-refractivity contribution is 5.40. The van der Waals surface area contributed by atoms with E-state index in [1.807, 2.05) is 32.0 Å². The molecule has 20 heavy (non-hydrogen) atoms. The molecule has 2 unspecified atom stereocenters. The van der Waals surface area contributed by atoms with E-state index in [4.69, 9.17) is 4.74 Å². The molecule has 2 N–H and O–H groups in total. The van der Waals surface area contributed by atoms with Crippen molar-refractivity contribution in [3.8, 4) is 5.75 Å². The zero-order chi connectivity index (χ0) is 14.8. The maximum Gasteiger partial charge on any atom is 0.123 e. The molecule has 0 bridgehead atoms. The van der Waals surface area contributed by atoms with Gasteiger partial charge in [0, 0.05) is 26.1 Å². The Morgan fingerprint density at radius 3 is 2.90 bits per heavy atom. The summed E-state index contributed by atoms with van der Waals surface area (Å²) >= 11 is 0. The van der Waals surface area contributed by atoms with Crippen molar-refractivity contribution in [2.45, 2.75) is 32.0 Å². The Hall–Kier alpha value is -1.10. The van der Waals surface area contributed by atoms with Crippen LogP contribution in [-0.2, 0) is 6.42 Å². The van der Waals surface area contributed by atoms with Crippen LogP contribution in [0.15, 0.2) is 18.2 Å². The first-order chi connectivity index (χ1) is 9.35. The van der Waals surface area contributed by atoms with Gasteiger partial charge in [0.15, 0.2) is 0 Å². The molecule has 1 aliphatic heterocycles. The molecule has 4 nitrogen and oxygen atoms in total. The monoisotopic (exact) mass is 278 g/mol. The summed E-state index contributed by atoms with van der Waals surface area (Å²) in [6.45, 7) is 5.93. The maximum absolute atomic E-state index is 10.2. The molecule has 0 radical (unpaired) electrons. The van der Waals surface area contributed by atoms with E-state index in [0.717, 1.165) is 18.7 Å². The highest BCUT2D eigenvalue weighted by atomic mass is 16.5. The van der Waals surface area contributed by atoms with Crippen LogP contribution in [0.2, 0.25) is 0 Å². The number of hydrogen-bond donors (Lipinski definition) is 2. The lowest BCUT2D eigenvalue weighted by Gasteiger charge is -2.27. The van der Waals surface area contributed by atoms with Crippen LogP contribution >= 0.6 is 0 Å². The Bertz CT molecular complexity index is 458. The zero-order valence-electron chi connectivity index (χ0n) is 12.9. The average Bonchev–Trinajstić information content (AvgIpc) is 2.68. The summed E-state index contributed by atoms with van der Waals surface area (Å²) in [6.07, 6.45) is 1.11.